The summed E-state index contributed by atoms with van der Waals surface area (Å²) >= 11 is 0. The van der Waals surface area contributed by atoms with E-state index in [2.05, 4.69) is 0 Å². The quantitative estimate of drug-likeness (QED) is 0.532. The Morgan fingerprint density at radius 3 is 2.12 bits per heavy atom. The molecule has 0 aromatic rings. The summed E-state index contributed by atoms with van der Waals surface area (Å²) in [6.45, 7) is 6.75. The number of hydrogen-bond donors (Lipinski definition) is 0. The molecule has 1 aliphatic carbocycles. The molecule has 0 spiro atoms. The van der Waals surface area contributed by atoms with Gasteiger partial charge in [0.25, 0.3) is 0 Å². The first kappa shape index (κ1) is 12.7. The third-order valence-corrected chi connectivity index (χ3v) is 2.61. The van der Waals surface area contributed by atoms with Crippen LogP contribution in [-0.2, 0) is 19.1 Å². The summed E-state index contributed by atoms with van der Waals surface area (Å²) in [6.07, 6.45) is 3.75. The number of rotatable bonds is 2. The van der Waals surface area contributed by atoms with Gasteiger partial charge in [-0.15, -0.1) is 0 Å². The highest BCUT2D eigenvalue weighted by Crippen LogP contribution is 2.35. The number of ether oxygens (including phenoxy) is 2. The van der Waals surface area contributed by atoms with Gasteiger partial charge in [0.05, 0.1) is 0 Å². The Morgan fingerprint density at radius 1 is 1.12 bits per heavy atom. The predicted octanol–water partition coefficient (Wildman–Crippen LogP) is 1.84. The van der Waals surface area contributed by atoms with Gasteiger partial charge in [0.1, 0.15) is 12.2 Å². The van der Waals surface area contributed by atoms with Gasteiger partial charge in [0.15, 0.2) is 0 Å². The molecule has 0 radical (unpaired) electrons. The highest BCUT2D eigenvalue weighted by Gasteiger charge is 2.36. The van der Waals surface area contributed by atoms with Crippen LogP contribution in [0.15, 0.2) is 12.2 Å². The Balaban J connectivity index is 2.71. The van der Waals surface area contributed by atoms with Crippen molar-refractivity contribution in [3.8, 4) is 0 Å². The van der Waals surface area contributed by atoms with Crippen molar-refractivity contribution in [3.05, 3.63) is 12.2 Å². The van der Waals surface area contributed by atoms with E-state index in [1.807, 2.05) is 13.8 Å². The van der Waals surface area contributed by atoms with Crippen LogP contribution in [0.25, 0.3) is 0 Å². The fourth-order valence-corrected chi connectivity index (χ4v) is 1.86. The average molecular weight is 226 g/mol. The second-order valence-electron chi connectivity index (χ2n) is 4.76. The molecule has 90 valence electrons. The average Bonchev–Trinajstić information content (AvgIpc) is 2.07. The number of hydrogen-bond acceptors (Lipinski definition) is 4. The van der Waals surface area contributed by atoms with Crippen LogP contribution < -0.4 is 0 Å². The van der Waals surface area contributed by atoms with Gasteiger partial charge in [0.2, 0.25) is 0 Å². The molecule has 0 bridgehead atoms. The van der Waals surface area contributed by atoms with Crippen molar-refractivity contribution in [2.75, 3.05) is 0 Å². The van der Waals surface area contributed by atoms with Gasteiger partial charge < -0.3 is 9.47 Å². The zero-order valence-corrected chi connectivity index (χ0v) is 10.1. The van der Waals surface area contributed by atoms with Crippen molar-refractivity contribution in [1.82, 2.24) is 0 Å². The summed E-state index contributed by atoms with van der Waals surface area (Å²) in [5, 5.41) is 0. The van der Waals surface area contributed by atoms with Crippen LogP contribution in [0.5, 0.6) is 0 Å². The monoisotopic (exact) mass is 226 g/mol. The van der Waals surface area contributed by atoms with Crippen molar-refractivity contribution in [2.45, 2.75) is 46.3 Å². The maximum Gasteiger partial charge on any atom is 0.303 e. The van der Waals surface area contributed by atoms with Crippen molar-refractivity contribution >= 4 is 11.9 Å². The van der Waals surface area contributed by atoms with Crippen LogP contribution in [0, 0.1) is 5.41 Å². The van der Waals surface area contributed by atoms with Gasteiger partial charge in [-0.05, 0) is 18.6 Å². The van der Waals surface area contributed by atoms with Crippen LogP contribution in [-0.4, -0.2) is 24.1 Å². The normalized spacial score (nSPS) is 27.2. The topological polar surface area (TPSA) is 52.6 Å². The summed E-state index contributed by atoms with van der Waals surface area (Å²) in [4.78, 5) is 21.8. The Labute approximate surface area is 95.6 Å². The van der Waals surface area contributed by atoms with Crippen LogP contribution in [0.4, 0.5) is 0 Å². The summed E-state index contributed by atoms with van der Waals surface area (Å²) in [6, 6.07) is 0. The van der Waals surface area contributed by atoms with E-state index in [4.69, 9.17) is 9.47 Å². The molecule has 16 heavy (non-hydrogen) atoms. The molecular weight excluding hydrogens is 208 g/mol. The summed E-state index contributed by atoms with van der Waals surface area (Å²) in [5.41, 5.74) is -0.222. The Bertz CT molecular complexity index is 317. The van der Waals surface area contributed by atoms with Gasteiger partial charge in [-0.1, -0.05) is 13.8 Å². The summed E-state index contributed by atoms with van der Waals surface area (Å²) in [7, 11) is 0. The van der Waals surface area contributed by atoms with Crippen molar-refractivity contribution in [1.29, 1.82) is 0 Å². The van der Waals surface area contributed by atoms with E-state index in [1.165, 1.54) is 13.8 Å². The van der Waals surface area contributed by atoms with Crippen molar-refractivity contribution in [3.63, 3.8) is 0 Å². The lowest BCUT2D eigenvalue weighted by molar-refractivity contribution is -0.154. The lowest BCUT2D eigenvalue weighted by atomic mass is 9.77. The summed E-state index contributed by atoms with van der Waals surface area (Å²) < 4.78 is 10.3. The van der Waals surface area contributed by atoms with Gasteiger partial charge in [-0.2, -0.15) is 0 Å². The van der Waals surface area contributed by atoms with Crippen LogP contribution in [0.3, 0.4) is 0 Å². The highest BCUT2D eigenvalue weighted by molar-refractivity contribution is 5.67. The SMILES string of the molecule is CC(=O)O[C@H]1C=C[C@H](OC(C)=O)CC1(C)C. The van der Waals surface area contributed by atoms with Crippen LogP contribution in [0.2, 0.25) is 0 Å². The molecule has 0 heterocycles. The molecule has 0 aliphatic heterocycles. The first-order valence-electron chi connectivity index (χ1n) is 5.34. The van der Waals surface area contributed by atoms with E-state index in [1.54, 1.807) is 12.2 Å². The summed E-state index contributed by atoms with van der Waals surface area (Å²) in [5.74, 6) is -0.593. The zero-order valence-electron chi connectivity index (χ0n) is 10.1. The molecule has 0 fully saturated rings. The first-order chi connectivity index (χ1) is 7.31. The molecule has 0 aromatic carbocycles. The molecule has 0 saturated carbocycles. The second kappa shape index (κ2) is 4.68. The van der Waals surface area contributed by atoms with E-state index in [0.717, 1.165) is 0 Å². The molecule has 0 N–H and O–H groups in total. The molecule has 4 nitrogen and oxygen atoms in total. The molecular formula is C12H18O4. The minimum atomic E-state index is -0.298. The fourth-order valence-electron chi connectivity index (χ4n) is 1.86. The van der Waals surface area contributed by atoms with E-state index < -0.39 is 0 Å². The smallest absolute Gasteiger partial charge is 0.303 e. The first-order valence-corrected chi connectivity index (χ1v) is 5.34. The third-order valence-electron chi connectivity index (χ3n) is 2.61. The predicted molar refractivity (Wildman–Crippen MR) is 58.6 cm³/mol. The number of carbonyl (C=O) groups is 2. The highest BCUT2D eigenvalue weighted by atomic mass is 16.6. The molecule has 0 aromatic heterocycles. The van der Waals surface area contributed by atoms with Crippen molar-refractivity contribution in [2.24, 2.45) is 5.41 Å². The van der Waals surface area contributed by atoms with E-state index in [9.17, 15) is 9.59 Å². The van der Waals surface area contributed by atoms with Gasteiger partial charge >= 0.3 is 11.9 Å². The lowest BCUT2D eigenvalue weighted by Gasteiger charge is -2.37. The Morgan fingerprint density at radius 2 is 1.69 bits per heavy atom. The molecule has 0 amide bonds. The molecule has 1 aliphatic rings. The van der Waals surface area contributed by atoms with Crippen LogP contribution in [0.1, 0.15) is 34.1 Å². The largest absolute Gasteiger partial charge is 0.458 e. The minimum Gasteiger partial charge on any atom is -0.458 e. The van der Waals surface area contributed by atoms with E-state index in [-0.39, 0.29) is 29.6 Å². The van der Waals surface area contributed by atoms with Gasteiger partial charge in [-0.3, -0.25) is 9.59 Å². The van der Waals surface area contributed by atoms with Crippen molar-refractivity contribution < 1.29 is 19.1 Å². The standard InChI is InChI=1S/C12H18O4/c1-8(13)15-10-5-6-11(16-9(2)14)12(3,4)7-10/h5-6,10-11H,7H2,1-4H3/t10-,11-/m0/s1. The fraction of sp³-hybridized carbons (Fsp3) is 0.667. The van der Waals surface area contributed by atoms with Gasteiger partial charge in [-0.25, -0.2) is 0 Å². The molecule has 4 heteroatoms. The maximum atomic E-state index is 10.9. The molecule has 1 rings (SSSR count). The maximum absolute atomic E-state index is 10.9. The third kappa shape index (κ3) is 3.36. The lowest BCUT2D eigenvalue weighted by Crippen LogP contribution is -2.39. The Hall–Kier alpha value is -1.32. The molecule has 0 unspecified atom stereocenters. The second-order valence-corrected chi connectivity index (χ2v) is 4.76. The molecule has 2 atom stereocenters. The number of carbonyl (C=O) groups excluding carboxylic acids is 2. The van der Waals surface area contributed by atoms with E-state index >= 15 is 0 Å². The van der Waals surface area contributed by atoms with Gasteiger partial charge in [0, 0.05) is 19.3 Å². The minimum absolute atomic E-state index is 0.222. The Kier molecular flexibility index (Phi) is 3.73. The molecule has 0 saturated heterocycles. The van der Waals surface area contributed by atoms with E-state index in [0.29, 0.717) is 6.42 Å². The number of esters is 2. The zero-order chi connectivity index (χ0) is 12.3. The van der Waals surface area contributed by atoms with Crippen LogP contribution >= 0.6 is 0 Å².